The van der Waals surface area contributed by atoms with E-state index in [1.165, 1.54) is 12.1 Å². The van der Waals surface area contributed by atoms with E-state index in [1.54, 1.807) is 0 Å². The maximum atomic E-state index is 13.4. The molecule has 0 fully saturated rings. The van der Waals surface area contributed by atoms with Crippen molar-refractivity contribution < 1.29 is 14.3 Å². The third kappa shape index (κ3) is 4.29. The Labute approximate surface area is 115 Å². The third-order valence-corrected chi connectivity index (χ3v) is 3.09. The molecule has 0 radical (unpaired) electrons. The zero-order chi connectivity index (χ0) is 13.8. The van der Waals surface area contributed by atoms with Crippen LogP contribution in [-0.2, 0) is 0 Å². The average Bonchev–Trinajstić information content (AvgIpc) is 2.26. The number of benzene rings is 1. The number of hydrogen-bond donors (Lipinski definition) is 2. The van der Waals surface area contributed by atoms with Gasteiger partial charge < -0.3 is 10.4 Å². The van der Waals surface area contributed by atoms with Crippen LogP contribution in [0.15, 0.2) is 18.2 Å². The van der Waals surface area contributed by atoms with Crippen molar-refractivity contribution in [2.45, 2.75) is 20.3 Å². The lowest BCUT2D eigenvalue weighted by Gasteiger charge is -2.23. The molecule has 0 spiro atoms. The van der Waals surface area contributed by atoms with Gasteiger partial charge in [0.15, 0.2) is 0 Å². The highest BCUT2D eigenvalue weighted by molar-refractivity contribution is 9.09. The first-order valence-electron chi connectivity index (χ1n) is 5.68. The van der Waals surface area contributed by atoms with E-state index < -0.39 is 11.7 Å². The van der Waals surface area contributed by atoms with Gasteiger partial charge in [-0.25, -0.2) is 4.39 Å². The largest absolute Gasteiger partial charge is 0.508 e. The zero-order valence-corrected chi connectivity index (χ0v) is 12.1. The van der Waals surface area contributed by atoms with Crippen molar-refractivity contribution in [3.63, 3.8) is 0 Å². The Bertz CT molecular complexity index is 435. The zero-order valence-electron chi connectivity index (χ0n) is 10.5. The van der Waals surface area contributed by atoms with Gasteiger partial charge in [0.2, 0.25) is 0 Å². The molecular formula is C13H17BrFNO2. The molecule has 0 saturated heterocycles. The van der Waals surface area contributed by atoms with E-state index in [9.17, 15) is 9.18 Å². The summed E-state index contributed by atoms with van der Waals surface area (Å²) in [7, 11) is 0. The first-order valence-corrected chi connectivity index (χ1v) is 6.80. The van der Waals surface area contributed by atoms with Crippen molar-refractivity contribution in [3.8, 4) is 5.75 Å². The molecule has 0 heterocycles. The van der Waals surface area contributed by atoms with Gasteiger partial charge in [-0.1, -0.05) is 29.8 Å². The van der Waals surface area contributed by atoms with Crippen molar-refractivity contribution in [2.24, 2.45) is 5.41 Å². The van der Waals surface area contributed by atoms with E-state index in [-0.39, 0.29) is 16.7 Å². The van der Waals surface area contributed by atoms with Gasteiger partial charge in [-0.3, -0.25) is 4.79 Å². The van der Waals surface area contributed by atoms with Gasteiger partial charge in [-0.2, -0.15) is 0 Å². The van der Waals surface area contributed by atoms with Crippen molar-refractivity contribution >= 4 is 21.8 Å². The lowest BCUT2D eigenvalue weighted by Crippen LogP contribution is -2.34. The summed E-state index contributed by atoms with van der Waals surface area (Å²) in [5.41, 5.74) is -0.102. The van der Waals surface area contributed by atoms with Crippen LogP contribution in [0.2, 0.25) is 0 Å². The molecule has 3 nitrogen and oxygen atoms in total. The molecule has 5 heteroatoms. The highest BCUT2D eigenvalue weighted by atomic mass is 79.9. The Morgan fingerprint density at radius 3 is 2.72 bits per heavy atom. The lowest BCUT2D eigenvalue weighted by atomic mass is 9.90. The van der Waals surface area contributed by atoms with Gasteiger partial charge >= 0.3 is 0 Å². The van der Waals surface area contributed by atoms with Crippen molar-refractivity contribution in [1.82, 2.24) is 5.32 Å². The summed E-state index contributed by atoms with van der Waals surface area (Å²) in [6.07, 6.45) is 0.908. The van der Waals surface area contributed by atoms with E-state index in [1.807, 2.05) is 13.8 Å². The van der Waals surface area contributed by atoms with Crippen LogP contribution in [0.1, 0.15) is 30.6 Å². The van der Waals surface area contributed by atoms with Crippen molar-refractivity contribution in [3.05, 3.63) is 29.6 Å². The Hall–Kier alpha value is -1.10. The fourth-order valence-electron chi connectivity index (χ4n) is 1.45. The number of carbonyl (C=O) groups excluding carboxylic acids is 1. The van der Waals surface area contributed by atoms with Crippen molar-refractivity contribution in [2.75, 3.05) is 11.9 Å². The molecule has 0 aliphatic heterocycles. The molecule has 1 rings (SSSR count). The van der Waals surface area contributed by atoms with Crippen LogP contribution in [0.5, 0.6) is 5.75 Å². The second kappa shape index (κ2) is 6.18. The lowest BCUT2D eigenvalue weighted by molar-refractivity contribution is 0.0932. The molecule has 2 N–H and O–H groups in total. The average molecular weight is 318 g/mol. The predicted octanol–water partition coefficient (Wildman–Crippen LogP) is 3.07. The molecular weight excluding hydrogens is 301 g/mol. The summed E-state index contributed by atoms with van der Waals surface area (Å²) < 4.78 is 13.4. The van der Waals surface area contributed by atoms with Crippen LogP contribution in [0.4, 0.5) is 4.39 Å². The summed E-state index contributed by atoms with van der Waals surface area (Å²) >= 11 is 3.36. The minimum atomic E-state index is -0.717. The third-order valence-electron chi connectivity index (χ3n) is 2.70. The van der Waals surface area contributed by atoms with Gasteiger partial charge in [0.05, 0.1) is 5.56 Å². The highest BCUT2D eigenvalue weighted by Gasteiger charge is 2.19. The predicted molar refractivity (Wildman–Crippen MR) is 72.6 cm³/mol. The van der Waals surface area contributed by atoms with E-state index in [0.29, 0.717) is 6.54 Å². The van der Waals surface area contributed by atoms with Crippen LogP contribution in [0.3, 0.4) is 0 Å². The number of phenolic OH excluding ortho intramolecular Hbond substituents is 1. The summed E-state index contributed by atoms with van der Waals surface area (Å²) in [6, 6.07) is 3.50. The number of carbonyl (C=O) groups is 1. The molecule has 0 aliphatic rings. The highest BCUT2D eigenvalue weighted by Crippen LogP contribution is 2.20. The fraction of sp³-hybridized carbons (Fsp3) is 0.462. The molecule has 0 atom stereocenters. The monoisotopic (exact) mass is 317 g/mol. The Morgan fingerprint density at radius 1 is 1.50 bits per heavy atom. The molecule has 1 amide bonds. The number of alkyl halides is 1. The first kappa shape index (κ1) is 15.0. The minimum Gasteiger partial charge on any atom is -0.508 e. The molecule has 0 unspecified atom stereocenters. The normalized spacial score (nSPS) is 11.3. The maximum Gasteiger partial charge on any atom is 0.254 e. The van der Waals surface area contributed by atoms with E-state index >= 15 is 0 Å². The molecule has 18 heavy (non-hydrogen) atoms. The number of halogens is 2. The standard InChI is InChI=1S/C13H17BrFNO2/c1-13(2,5-6-14)8-16-12(18)10-4-3-9(17)7-11(10)15/h3-4,7,17H,5-6,8H2,1-2H3,(H,16,18). The quantitative estimate of drug-likeness (QED) is 0.820. The Morgan fingerprint density at radius 2 is 2.17 bits per heavy atom. The Kier molecular flexibility index (Phi) is 5.14. The number of aromatic hydroxyl groups is 1. The topological polar surface area (TPSA) is 49.3 Å². The molecule has 1 aromatic rings. The summed E-state index contributed by atoms with van der Waals surface area (Å²) in [5.74, 6) is -1.37. The van der Waals surface area contributed by atoms with E-state index in [2.05, 4.69) is 21.2 Å². The van der Waals surface area contributed by atoms with E-state index in [0.717, 1.165) is 17.8 Å². The number of rotatable bonds is 5. The summed E-state index contributed by atoms with van der Waals surface area (Å²) in [6.45, 7) is 4.53. The van der Waals surface area contributed by atoms with E-state index in [4.69, 9.17) is 5.11 Å². The molecule has 0 aromatic heterocycles. The SMILES string of the molecule is CC(C)(CCBr)CNC(=O)c1ccc(O)cc1F. The Balaban J connectivity index is 2.66. The molecule has 100 valence electrons. The molecule has 0 saturated carbocycles. The molecule has 1 aromatic carbocycles. The maximum absolute atomic E-state index is 13.4. The van der Waals surface area contributed by atoms with Crippen LogP contribution in [0.25, 0.3) is 0 Å². The number of phenols is 1. The smallest absolute Gasteiger partial charge is 0.254 e. The van der Waals surface area contributed by atoms with Crippen LogP contribution in [0, 0.1) is 11.2 Å². The second-order valence-electron chi connectivity index (χ2n) is 4.95. The van der Waals surface area contributed by atoms with Gasteiger partial charge in [-0.15, -0.1) is 0 Å². The minimum absolute atomic E-state index is 0.0491. The van der Waals surface area contributed by atoms with Crippen LogP contribution in [-0.4, -0.2) is 22.9 Å². The van der Waals surface area contributed by atoms with Crippen LogP contribution >= 0.6 is 15.9 Å². The molecule has 0 aliphatic carbocycles. The molecule has 0 bridgehead atoms. The first-order chi connectivity index (χ1) is 8.35. The van der Waals surface area contributed by atoms with Crippen molar-refractivity contribution in [1.29, 1.82) is 0 Å². The fourth-order valence-corrected chi connectivity index (χ4v) is 2.52. The number of nitrogens with one attached hydrogen (secondary N) is 1. The van der Waals surface area contributed by atoms with Gasteiger partial charge in [0.1, 0.15) is 11.6 Å². The van der Waals surface area contributed by atoms with Gasteiger partial charge in [0, 0.05) is 17.9 Å². The second-order valence-corrected chi connectivity index (χ2v) is 5.74. The number of amides is 1. The summed E-state index contributed by atoms with van der Waals surface area (Å²) in [4.78, 5) is 11.8. The number of hydrogen-bond acceptors (Lipinski definition) is 2. The van der Waals surface area contributed by atoms with Crippen LogP contribution < -0.4 is 5.32 Å². The van der Waals surface area contributed by atoms with Gasteiger partial charge in [0.25, 0.3) is 5.91 Å². The summed E-state index contributed by atoms with van der Waals surface area (Å²) in [5, 5.41) is 12.6. The van der Waals surface area contributed by atoms with Gasteiger partial charge in [-0.05, 0) is 24.0 Å².